The van der Waals surface area contributed by atoms with E-state index in [1.54, 1.807) is 24.3 Å². The molecule has 3 rings (SSSR count). The Morgan fingerprint density at radius 3 is 2.12 bits per heavy atom. The van der Waals surface area contributed by atoms with Crippen LogP contribution < -0.4 is 10.1 Å². The molecule has 3 aromatic rings. The Labute approximate surface area is 152 Å². The van der Waals surface area contributed by atoms with Gasteiger partial charge in [-0.05, 0) is 42.3 Å². The van der Waals surface area contributed by atoms with Crippen LogP contribution in [0.1, 0.15) is 17.3 Å². The summed E-state index contributed by atoms with van der Waals surface area (Å²) in [5.41, 5.74) is 3.18. The molecule has 0 aliphatic carbocycles. The van der Waals surface area contributed by atoms with E-state index >= 15 is 0 Å². The van der Waals surface area contributed by atoms with Gasteiger partial charge in [-0.15, -0.1) is 0 Å². The lowest BCUT2D eigenvalue weighted by Crippen LogP contribution is -2.21. The summed E-state index contributed by atoms with van der Waals surface area (Å²) in [5.74, 6) is 0.198. The second kappa shape index (κ2) is 8.12. The van der Waals surface area contributed by atoms with Crippen LogP contribution in [0.5, 0.6) is 5.75 Å². The van der Waals surface area contributed by atoms with Crippen LogP contribution >= 0.6 is 0 Å². The van der Waals surface area contributed by atoms with Crippen LogP contribution in [-0.2, 0) is 4.79 Å². The van der Waals surface area contributed by atoms with Gasteiger partial charge >= 0.3 is 0 Å². The fourth-order valence-electron chi connectivity index (χ4n) is 2.61. The van der Waals surface area contributed by atoms with Gasteiger partial charge in [0.25, 0.3) is 5.91 Å². The molecular weight excluding hydrogens is 326 g/mol. The summed E-state index contributed by atoms with van der Waals surface area (Å²) >= 11 is 0. The first-order valence-corrected chi connectivity index (χ1v) is 8.31. The van der Waals surface area contributed by atoms with E-state index in [9.17, 15) is 9.59 Å². The molecule has 0 bridgehead atoms. The van der Waals surface area contributed by atoms with Crippen LogP contribution in [0.25, 0.3) is 11.1 Å². The molecule has 3 aromatic carbocycles. The number of amides is 1. The number of anilines is 1. The minimum atomic E-state index is -0.314. The Bertz CT molecular complexity index is 902. The van der Waals surface area contributed by atoms with E-state index in [0.29, 0.717) is 17.0 Å². The lowest BCUT2D eigenvalue weighted by molar-refractivity contribution is -0.118. The highest BCUT2D eigenvalue weighted by Gasteiger charge is 2.10. The number of benzene rings is 3. The quantitative estimate of drug-likeness (QED) is 0.666. The molecule has 0 atom stereocenters. The number of rotatable bonds is 6. The van der Waals surface area contributed by atoms with E-state index in [0.717, 1.165) is 11.1 Å². The highest BCUT2D eigenvalue weighted by atomic mass is 16.5. The zero-order valence-corrected chi connectivity index (χ0v) is 14.4. The predicted octanol–water partition coefficient (Wildman–Crippen LogP) is 4.57. The van der Waals surface area contributed by atoms with Crippen molar-refractivity contribution in [2.24, 2.45) is 0 Å². The molecule has 4 heteroatoms. The van der Waals surface area contributed by atoms with Gasteiger partial charge in [0, 0.05) is 5.56 Å². The van der Waals surface area contributed by atoms with Gasteiger partial charge in [-0.25, -0.2) is 0 Å². The number of Topliss-reactive ketones (excluding diaryl/α,β-unsaturated/α-hetero) is 1. The van der Waals surface area contributed by atoms with Gasteiger partial charge in [-0.2, -0.15) is 0 Å². The normalized spacial score (nSPS) is 10.2. The van der Waals surface area contributed by atoms with Crippen molar-refractivity contribution in [2.75, 3.05) is 11.9 Å². The number of hydrogen-bond donors (Lipinski definition) is 1. The van der Waals surface area contributed by atoms with Crippen molar-refractivity contribution in [3.8, 4) is 16.9 Å². The molecule has 130 valence electrons. The second-order valence-corrected chi connectivity index (χ2v) is 5.83. The van der Waals surface area contributed by atoms with Crippen LogP contribution in [0.4, 0.5) is 5.69 Å². The first-order chi connectivity index (χ1) is 12.6. The average Bonchev–Trinajstić information content (AvgIpc) is 2.68. The second-order valence-electron chi connectivity index (χ2n) is 5.83. The van der Waals surface area contributed by atoms with Crippen molar-refractivity contribution in [1.82, 2.24) is 0 Å². The van der Waals surface area contributed by atoms with Crippen LogP contribution in [0.15, 0.2) is 78.9 Å². The molecular formula is C22H19NO3. The van der Waals surface area contributed by atoms with E-state index < -0.39 is 0 Å². The lowest BCUT2D eigenvalue weighted by atomic mass is 10.1. The molecule has 0 saturated carbocycles. The van der Waals surface area contributed by atoms with Gasteiger partial charge in [-0.1, -0.05) is 54.6 Å². The number of para-hydroxylation sites is 1. The largest absolute Gasteiger partial charge is 0.484 e. The standard InChI is InChI=1S/C22H19NO3/c1-16(24)20-9-5-6-10-21(20)23-22(25)15-26-19-13-11-18(12-14-19)17-7-3-2-4-8-17/h2-14H,15H2,1H3,(H,23,25). The predicted molar refractivity (Wildman–Crippen MR) is 102 cm³/mol. The van der Waals surface area contributed by atoms with Crippen molar-refractivity contribution >= 4 is 17.4 Å². The van der Waals surface area contributed by atoms with Gasteiger partial charge in [0.05, 0.1) is 5.69 Å². The molecule has 4 nitrogen and oxygen atoms in total. The Balaban J connectivity index is 1.59. The zero-order chi connectivity index (χ0) is 18.4. The Morgan fingerprint density at radius 2 is 1.42 bits per heavy atom. The first kappa shape index (κ1) is 17.4. The van der Waals surface area contributed by atoms with Gasteiger partial charge in [0.1, 0.15) is 5.75 Å². The molecule has 0 fully saturated rings. The van der Waals surface area contributed by atoms with Crippen molar-refractivity contribution < 1.29 is 14.3 Å². The average molecular weight is 345 g/mol. The molecule has 0 saturated heterocycles. The van der Waals surface area contributed by atoms with E-state index in [1.807, 2.05) is 54.6 Å². The summed E-state index contributed by atoms with van der Waals surface area (Å²) in [6.07, 6.45) is 0. The van der Waals surface area contributed by atoms with Gasteiger partial charge in [0.2, 0.25) is 0 Å². The monoisotopic (exact) mass is 345 g/mol. The van der Waals surface area contributed by atoms with Gasteiger partial charge < -0.3 is 10.1 Å². The third-order valence-electron chi connectivity index (χ3n) is 3.91. The van der Waals surface area contributed by atoms with Gasteiger partial charge in [0.15, 0.2) is 12.4 Å². The molecule has 26 heavy (non-hydrogen) atoms. The Morgan fingerprint density at radius 1 is 0.808 bits per heavy atom. The number of ketones is 1. The van der Waals surface area contributed by atoms with Crippen LogP contribution in [0, 0.1) is 0 Å². The Hall–Kier alpha value is -3.40. The SMILES string of the molecule is CC(=O)c1ccccc1NC(=O)COc1ccc(-c2ccccc2)cc1. The molecule has 0 radical (unpaired) electrons. The summed E-state index contributed by atoms with van der Waals surface area (Å²) in [6.45, 7) is 1.34. The number of ether oxygens (including phenoxy) is 1. The number of carbonyl (C=O) groups is 2. The van der Waals surface area contributed by atoms with Crippen molar-refractivity contribution in [2.45, 2.75) is 6.92 Å². The molecule has 1 N–H and O–H groups in total. The third-order valence-corrected chi connectivity index (χ3v) is 3.91. The Kier molecular flexibility index (Phi) is 5.44. The maximum atomic E-state index is 12.1. The van der Waals surface area contributed by atoms with Crippen LogP contribution in [-0.4, -0.2) is 18.3 Å². The molecule has 0 unspecified atom stereocenters. The minimum Gasteiger partial charge on any atom is -0.484 e. The minimum absolute atomic E-state index is 0.0988. The first-order valence-electron chi connectivity index (χ1n) is 8.31. The molecule has 0 aromatic heterocycles. The van der Waals surface area contributed by atoms with E-state index in [2.05, 4.69) is 5.32 Å². The van der Waals surface area contributed by atoms with E-state index in [1.165, 1.54) is 6.92 Å². The maximum Gasteiger partial charge on any atom is 0.262 e. The third kappa shape index (κ3) is 4.36. The van der Waals surface area contributed by atoms with Crippen molar-refractivity contribution in [3.05, 3.63) is 84.4 Å². The fraction of sp³-hybridized carbons (Fsp3) is 0.0909. The summed E-state index contributed by atoms with van der Waals surface area (Å²) < 4.78 is 5.53. The molecule has 0 aliphatic heterocycles. The highest BCUT2D eigenvalue weighted by Crippen LogP contribution is 2.22. The van der Waals surface area contributed by atoms with E-state index in [-0.39, 0.29) is 18.3 Å². The summed E-state index contributed by atoms with van der Waals surface area (Å²) in [6, 6.07) is 24.5. The fourth-order valence-corrected chi connectivity index (χ4v) is 2.61. The van der Waals surface area contributed by atoms with Crippen LogP contribution in [0.3, 0.4) is 0 Å². The summed E-state index contributed by atoms with van der Waals surface area (Å²) in [7, 11) is 0. The molecule has 0 spiro atoms. The molecule has 0 aliphatic rings. The number of hydrogen-bond acceptors (Lipinski definition) is 3. The topological polar surface area (TPSA) is 55.4 Å². The lowest BCUT2D eigenvalue weighted by Gasteiger charge is -2.10. The van der Waals surface area contributed by atoms with Crippen LogP contribution in [0.2, 0.25) is 0 Å². The highest BCUT2D eigenvalue weighted by molar-refractivity contribution is 6.03. The summed E-state index contributed by atoms with van der Waals surface area (Å²) in [4.78, 5) is 23.7. The molecule has 0 heterocycles. The van der Waals surface area contributed by atoms with E-state index in [4.69, 9.17) is 4.74 Å². The van der Waals surface area contributed by atoms with Crippen molar-refractivity contribution in [3.63, 3.8) is 0 Å². The smallest absolute Gasteiger partial charge is 0.262 e. The van der Waals surface area contributed by atoms with Gasteiger partial charge in [-0.3, -0.25) is 9.59 Å². The number of carbonyl (C=O) groups excluding carboxylic acids is 2. The molecule has 1 amide bonds. The van der Waals surface area contributed by atoms with Crippen molar-refractivity contribution in [1.29, 1.82) is 0 Å². The summed E-state index contributed by atoms with van der Waals surface area (Å²) in [5, 5.41) is 2.71. The number of nitrogens with one attached hydrogen (secondary N) is 1. The zero-order valence-electron chi connectivity index (χ0n) is 14.4. The maximum absolute atomic E-state index is 12.1.